The number of nitrogens with zero attached hydrogens (tertiary/aromatic N) is 5. The van der Waals surface area contributed by atoms with Crippen LogP contribution in [-0.4, -0.2) is 72.0 Å². The molecule has 2 unspecified atom stereocenters. The van der Waals surface area contributed by atoms with E-state index in [1.165, 1.54) is 0 Å². The van der Waals surface area contributed by atoms with Crippen LogP contribution in [0.25, 0.3) is 0 Å². The van der Waals surface area contributed by atoms with Crippen LogP contribution in [0.2, 0.25) is 0 Å². The highest BCUT2D eigenvalue weighted by atomic mass is 16.5. The maximum Gasteiger partial charge on any atom is 0.246 e. The number of rotatable bonds is 4. The number of aliphatic imine (C=N–C) groups is 1. The van der Waals surface area contributed by atoms with Crippen molar-refractivity contribution >= 4 is 17.6 Å². The molecule has 1 amide bonds. The Hall–Kier alpha value is -2.09. The van der Waals surface area contributed by atoms with Crippen molar-refractivity contribution in [3.8, 4) is 0 Å². The highest BCUT2D eigenvalue weighted by Gasteiger charge is 2.35. The van der Waals surface area contributed by atoms with Crippen LogP contribution in [0.4, 0.5) is 5.69 Å². The molecule has 1 aromatic heterocycles. The Kier molecular flexibility index (Phi) is 6.82. The molecule has 0 radical (unpaired) electrons. The molecule has 0 aromatic carbocycles. The quantitative estimate of drug-likeness (QED) is 0.613. The highest BCUT2D eigenvalue weighted by Crippen LogP contribution is 2.34. The van der Waals surface area contributed by atoms with Crippen LogP contribution in [0.1, 0.15) is 40.5 Å². The van der Waals surface area contributed by atoms with E-state index in [4.69, 9.17) is 9.73 Å². The molecule has 2 fully saturated rings. The first-order chi connectivity index (χ1) is 13.8. The summed E-state index contributed by atoms with van der Waals surface area (Å²) in [6.45, 7) is 12.8. The molecule has 8 heteroatoms. The summed E-state index contributed by atoms with van der Waals surface area (Å²) in [6.07, 6.45) is 6.06. The molecule has 0 aliphatic carbocycles. The van der Waals surface area contributed by atoms with Gasteiger partial charge >= 0.3 is 0 Å². The molecule has 1 N–H and O–H groups in total. The molecule has 2 aliphatic heterocycles. The first kappa shape index (κ1) is 21.6. The van der Waals surface area contributed by atoms with Gasteiger partial charge in [0.2, 0.25) is 5.91 Å². The van der Waals surface area contributed by atoms with Crippen molar-refractivity contribution in [1.82, 2.24) is 20.0 Å². The first-order valence-electron chi connectivity index (χ1n) is 10.7. The summed E-state index contributed by atoms with van der Waals surface area (Å²) in [5.41, 5.74) is 0.955. The zero-order valence-electron chi connectivity index (χ0n) is 18.5. The van der Waals surface area contributed by atoms with Gasteiger partial charge in [-0.05, 0) is 25.2 Å². The van der Waals surface area contributed by atoms with Crippen LogP contribution in [0.15, 0.2) is 17.4 Å². The number of anilines is 1. The minimum absolute atomic E-state index is 0.0726. The summed E-state index contributed by atoms with van der Waals surface area (Å²) in [5, 5.41) is 7.55. The summed E-state index contributed by atoms with van der Waals surface area (Å²) in [6, 6.07) is 0. The summed E-state index contributed by atoms with van der Waals surface area (Å²) in [4.78, 5) is 21.5. The predicted octanol–water partition coefficient (Wildman–Crippen LogP) is 1.88. The van der Waals surface area contributed by atoms with Crippen LogP contribution in [0, 0.1) is 11.3 Å². The third-order valence-corrected chi connectivity index (χ3v) is 5.63. The number of hydrogen-bond donors (Lipinski definition) is 1. The zero-order valence-corrected chi connectivity index (χ0v) is 18.5. The minimum Gasteiger partial charge on any atom is -0.377 e. The van der Waals surface area contributed by atoms with Gasteiger partial charge in [-0.25, -0.2) is 0 Å². The van der Waals surface area contributed by atoms with E-state index in [0.717, 1.165) is 50.7 Å². The lowest BCUT2D eigenvalue weighted by Gasteiger charge is -2.40. The van der Waals surface area contributed by atoms with Gasteiger partial charge in [0.25, 0.3) is 0 Å². The van der Waals surface area contributed by atoms with E-state index >= 15 is 0 Å². The first-order valence-corrected chi connectivity index (χ1v) is 10.7. The number of ether oxygens (including phenoxy) is 1. The van der Waals surface area contributed by atoms with Crippen LogP contribution in [0.5, 0.6) is 0 Å². The van der Waals surface area contributed by atoms with Gasteiger partial charge in [0.05, 0.1) is 18.0 Å². The van der Waals surface area contributed by atoms with Gasteiger partial charge in [-0.2, -0.15) is 5.10 Å². The van der Waals surface area contributed by atoms with E-state index in [9.17, 15) is 4.79 Å². The number of piperazine rings is 1. The predicted molar refractivity (Wildman–Crippen MR) is 115 cm³/mol. The Morgan fingerprint density at radius 1 is 1.38 bits per heavy atom. The van der Waals surface area contributed by atoms with Crippen LogP contribution < -0.4 is 10.2 Å². The van der Waals surface area contributed by atoms with E-state index in [1.54, 1.807) is 15.8 Å². The normalized spacial score (nSPS) is 24.2. The molecule has 3 heterocycles. The Morgan fingerprint density at radius 2 is 2.17 bits per heavy atom. The van der Waals surface area contributed by atoms with Crippen molar-refractivity contribution < 1.29 is 9.53 Å². The standard InChI is InChI=1S/C21H36N6O2/c1-6-22-20(23-12-16-8-7-11-29-19(16)21(2,3)4)26-9-10-27(18(28)15-26)17-13-24-25(5)14-17/h13-14,16,19H,6-12,15H2,1-5H3,(H,22,23). The average Bonchev–Trinajstić information content (AvgIpc) is 3.10. The molecule has 2 atom stereocenters. The molecule has 162 valence electrons. The number of carbonyl (C=O) groups is 1. The molecular weight excluding hydrogens is 368 g/mol. The maximum absolute atomic E-state index is 12.8. The maximum atomic E-state index is 12.8. The highest BCUT2D eigenvalue weighted by molar-refractivity contribution is 5.98. The van der Waals surface area contributed by atoms with Crippen LogP contribution in [-0.2, 0) is 16.6 Å². The van der Waals surface area contributed by atoms with Crippen molar-refractivity contribution in [2.45, 2.75) is 46.6 Å². The third kappa shape index (κ3) is 5.29. The molecular formula is C21H36N6O2. The molecule has 8 nitrogen and oxygen atoms in total. The second-order valence-electron chi connectivity index (χ2n) is 9.09. The van der Waals surface area contributed by atoms with Gasteiger partial charge in [0, 0.05) is 51.9 Å². The summed E-state index contributed by atoms with van der Waals surface area (Å²) in [5.74, 6) is 1.30. The molecule has 1 aromatic rings. The molecule has 2 saturated heterocycles. The van der Waals surface area contributed by atoms with Crippen molar-refractivity contribution in [2.24, 2.45) is 23.4 Å². The zero-order chi connectivity index (χ0) is 21.0. The largest absolute Gasteiger partial charge is 0.377 e. The number of carbonyl (C=O) groups excluding carboxylic acids is 1. The number of nitrogens with one attached hydrogen (secondary N) is 1. The van der Waals surface area contributed by atoms with Crippen LogP contribution in [0.3, 0.4) is 0 Å². The van der Waals surface area contributed by atoms with E-state index in [1.807, 2.05) is 13.2 Å². The van der Waals surface area contributed by atoms with Gasteiger partial charge in [0.15, 0.2) is 5.96 Å². The minimum atomic E-state index is 0.0726. The van der Waals surface area contributed by atoms with Crippen LogP contribution >= 0.6 is 0 Å². The summed E-state index contributed by atoms with van der Waals surface area (Å²) in [7, 11) is 1.86. The monoisotopic (exact) mass is 404 g/mol. The lowest BCUT2D eigenvalue weighted by Crippen LogP contribution is -2.55. The van der Waals surface area contributed by atoms with Gasteiger partial charge in [0.1, 0.15) is 6.54 Å². The van der Waals surface area contributed by atoms with E-state index in [0.29, 0.717) is 19.0 Å². The Morgan fingerprint density at radius 3 is 2.79 bits per heavy atom. The number of aromatic nitrogens is 2. The Balaban J connectivity index is 1.67. The van der Waals surface area contributed by atoms with Gasteiger partial charge in [-0.1, -0.05) is 20.8 Å². The SMILES string of the molecule is CCNC(=NCC1CCCOC1C(C)(C)C)N1CCN(c2cnn(C)c2)C(=O)C1. The Bertz CT molecular complexity index is 723. The molecule has 2 aliphatic rings. The average molecular weight is 405 g/mol. The summed E-state index contributed by atoms with van der Waals surface area (Å²) < 4.78 is 7.82. The molecule has 0 saturated carbocycles. The van der Waals surface area contributed by atoms with E-state index < -0.39 is 0 Å². The van der Waals surface area contributed by atoms with Crippen molar-refractivity contribution in [3.63, 3.8) is 0 Å². The van der Waals surface area contributed by atoms with Crippen molar-refractivity contribution in [2.75, 3.05) is 44.2 Å². The van der Waals surface area contributed by atoms with Gasteiger partial charge in [-0.3, -0.25) is 14.5 Å². The molecule has 29 heavy (non-hydrogen) atoms. The lowest BCUT2D eigenvalue weighted by atomic mass is 9.78. The lowest BCUT2D eigenvalue weighted by molar-refractivity contribution is -0.120. The second-order valence-corrected chi connectivity index (χ2v) is 9.09. The molecule has 0 spiro atoms. The van der Waals surface area contributed by atoms with E-state index in [2.05, 4.69) is 43.0 Å². The van der Waals surface area contributed by atoms with Gasteiger partial charge < -0.3 is 19.9 Å². The van der Waals surface area contributed by atoms with Gasteiger partial charge in [-0.15, -0.1) is 0 Å². The van der Waals surface area contributed by atoms with E-state index in [-0.39, 0.29) is 17.4 Å². The molecule has 3 rings (SSSR count). The number of amides is 1. The smallest absolute Gasteiger partial charge is 0.246 e. The fourth-order valence-electron chi connectivity index (χ4n) is 4.29. The third-order valence-electron chi connectivity index (χ3n) is 5.63. The molecule has 0 bridgehead atoms. The second kappa shape index (κ2) is 9.15. The topological polar surface area (TPSA) is 75.0 Å². The number of aryl methyl sites for hydroxylation is 1. The van der Waals surface area contributed by atoms with Crippen molar-refractivity contribution in [1.29, 1.82) is 0 Å². The Labute approximate surface area is 174 Å². The van der Waals surface area contributed by atoms with Crippen molar-refractivity contribution in [3.05, 3.63) is 12.4 Å². The fraction of sp³-hybridized carbons (Fsp3) is 0.762. The summed E-state index contributed by atoms with van der Waals surface area (Å²) >= 11 is 0. The number of hydrogen-bond acceptors (Lipinski definition) is 4. The fourth-order valence-corrected chi connectivity index (χ4v) is 4.29. The number of guanidine groups is 1.